The van der Waals surface area contributed by atoms with Crippen LogP contribution in [-0.4, -0.2) is 40.9 Å². The summed E-state index contributed by atoms with van der Waals surface area (Å²) < 4.78 is 26.2. The quantitative estimate of drug-likeness (QED) is 0.877. The number of hydrogen-bond acceptors (Lipinski definition) is 3. The van der Waals surface area contributed by atoms with Gasteiger partial charge in [0.2, 0.25) is 0 Å². The number of hydrogen-bond donors (Lipinski definition) is 2. The van der Waals surface area contributed by atoms with E-state index in [4.69, 9.17) is 0 Å². The third-order valence-corrected chi connectivity index (χ3v) is 4.42. The van der Waals surface area contributed by atoms with Gasteiger partial charge in [-0.15, -0.1) is 0 Å². The molecule has 1 aliphatic rings. The van der Waals surface area contributed by atoms with E-state index in [0.29, 0.717) is 31.6 Å². The predicted octanol–water partition coefficient (Wildman–Crippen LogP) is 2.31. The van der Waals surface area contributed by atoms with E-state index in [9.17, 15) is 19.0 Å². The standard InChI is InChI=1S/C16H23F2NO2/c1-2-6-16(11-20)10-19(7-5-15(16)21)9-12-3-4-13(17)14(18)8-12/h3-4,8,15,20-21H,2,5-7,9-11H2,1H3/t15-,16-/m1/s1. The summed E-state index contributed by atoms with van der Waals surface area (Å²) >= 11 is 0. The Morgan fingerprint density at radius 2 is 2.10 bits per heavy atom. The highest BCUT2D eigenvalue weighted by atomic mass is 19.2. The highest BCUT2D eigenvalue weighted by molar-refractivity contribution is 5.18. The molecule has 3 nitrogen and oxygen atoms in total. The molecule has 0 bridgehead atoms. The minimum Gasteiger partial charge on any atom is -0.396 e. The first-order valence-electron chi connectivity index (χ1n) is 7.46. The number of aliphatic hydroxyl groups is 2. The molecule has 21 heavy (non-hydrogen) atoms. The van der Waals surface area contributed by atoms with Crippen LogP contribution in [0.5, 0.6) is 0 Å². The molecule has 1 aliphatic heterocycles. The summed E-state index contributed by atoms with van der Waals surface area (Å²) in [6.45, 7) is 3.72. The SMILES string of the molecule is CCC[C@]1(CO)CN(Cc2ccc(F)c(F)c2)CC[C@H]1O. The number of halogens is 2. The van der Waals surface area contributed by atoms with E-state index in [2.05, 4.69) is 4.90 Å². The zero-order valence-electron chi connectivity index (χ0n) is 12.4. The molecule has 1 aromatic rings. The van der Waals surface area contributed by atoms with Crippen molar-refractivity contribution in [3.63, 3.8) is 0 Å². The molecule has 0 radical (unpaired) electrons. The summed E-state index contributed by atoms with van der Waals surface area (Å²) in [5.74, 6) is -1.69. The third-order valence-electron chi connectivity index (χ3n) is 4.42. The number of nitrogens with zero attached hydrogens (tertiary/aromatic N) is 1. The summed E-state index contributed by atoms with van der Waals surface area (Å²) in [5.41, 5.74) is 0.194. The normalized spacial score (nSPS) is 27.0. The van der Waals surface area contributed by atoms with Gasteiger partial charge >= 0.3 is 0 Å². The van der Waals surface area contributed by atoms with E-state index in [1.807, 2.05) is 6.92 Å². The fraction of sp³-hybridized carbons (Fsp3) is 0.625. The summed E-state index contributed by atoms with van der Waals surface area (Å²) in [4.78, 5) is 2.09. The fourth-order valence-corrected chi connectivity index (χ4v) is 3.25. The Morgan fingerprint density at radius 3 is 2.71 bits per heavy atom. The lowest BCUT2D eigenvalue weighted by Gasteiger charge is -2.45. The van der Waals surface area contributed by atoms with E-state index in [-0.39, 0.29) is 6.61 Å². The number of aliphatic hydroxyl groups excluding tert-OH is 2. The zero-order chi connectivity index (χ0) is 15.5. The van der Waals surface area contributed by atoms with E-state index in [0.717, 1.165) is 18.9 Å². The second kappa shape index (κ2) is 6.81. The largest absolute Gasteiger partial charge is 0.396 e. The van der Waals surface area contributed by atoms with Crippen molar-refractivity contribution < 1.29 is 19.0 Å². The lowest BCUT2D eigenvalue weighted by atomic mass is 9.74. The number of rotatable bonds is 5. The summed E-state index contributed by atoms with van der Waals surface area (Å²) in [6.07, 6.45) is 1.71. The number of benzene rings is 1. The Balaban J connectivity index is 2.08. The molecule has 0 aliphatic carbocycles. The van der Waals surface area contributed by atoms with Crippen LogP contribution in [0.3, 0.4) is 0 Å². The van der Waals surface area contributed by atoms with Crippen LogP contribution < -0.4 is 0 Å². The fourth-order valence-electron chi connectivity index (χ4n) is 3.25. The first kappa shape index (κ1) is 16.3. The minimum absolute atomic E-state index is 0.0592. The molecule has 1 aromatic carbocycles. The van der Waals surface area contributed by atoms with E-state index in [1.54, 1.807) is 6.07 Å². The third kappa shape index (κ3) is 3.59. The first-order valence-corrected chi connectivity index (χ1v) is 7.46. The molecule has 1 heterocycles. The Morgan fingerprint density at radius 1 is 1.33 bits per heavy atom. The van der Waals surface area contributed by atoms with Crippen molar-refractivity contribution in [2.75, 3.05) is 19.7 Å². The van der Waals surface area contributed by atoms with Gasteiger partial charge in [-0.1, -0.05) is 19.4 Å². The number of likely N-dealkylation sites (tertiary alicyclic amines) is 1. The highest BCUT2D eigenvalue weighted by Gasteiger charge is 2.41. The van der Waals surface area contributed by atoms with Gasteiger partial charge in [0.25, 0.3) is 0 Å². The molecule has 118 valence electrons. The van der Waals surface area contributed by atoms with Crippen molar-refractivity contribution in [2.45, 2.75) is 38.8 Å². The molecule has 0 spiro atoms. The molecule has 0 amide bonds. The van der Waals surface area contributed by atoms with Crippen LogP contribution in [0.1, 0.15) is 31.7 Å². The average molecular weight is 299 g/mol. The molecule has 0 aromatic heterocycles. The smallest absolute Gasteiger partial charge is 0.159 e. The number of piperidine rings is 1. The maximum atomic E-state index is 13.3. The predicted molar refractivity (Wildman–Crippen MR) is 76.7 cm³/mol. The van der Waals surface area contributed by atoms with Crippen LogP contribution in [0.25, 0.3) is 0 Å². The first-order chi connectivity index (χ1) is 10.0. The van der Waals surface area contributed by atoms with Gasteiger partial charge in [0.1, 0.15) is 0 Å². The van der Waals surface area contributed by atoms with Crippen LogP contribution in [0, 0.1) is 17.0 Å². The van der Waals surface area contributed by atoms with Crippen molar-refractivity contribution in [3.8, 4) is 0 Å². The Bertz CT molecular complexity index is 483. The van der Waals surface area contributed by atoms with E-state index in [1.165, 1.54) is 6.07 Å². The molecule has 1 saturated heterocycles. The Hall–Kier alpha value is -1.04. The summed E-state index contributed by atoms with van der Waals surface area (Å²) in [5, 5.41) is 19.9. The summed E-state index contributed by atoms with van der Waals surface area (Å²) in [7, 11) is 0. The monoisotopic (exact) mass is 299 g/mol. The maximum Gasteiger partial charge on any atom is 0.159 e. The van der Waals surface area contributed by atoms with Gasteiger partial charge in [0.15, 0.2) is 11.6 Å². The maximum absolute atomic E-state index is 13.3. The molecule has 5 heteroatoms. The lowest BCUT2D eigenvalue weighted by molar-refractivity contribution is -0.0819. The van der Waals surface area contributed by atoms with Crippen LogP contribution in [0.4, 0.5) is 8.78 Å². The molecule has 0 unspecified atom stereocenters. The molecule has 2 atom stereocenters. The molecule has 2 N–H and O–H groups in total. The molecule has 1 fully saturated rings. The molecule has 0 saturated carbocycles. The van der Waals surface area contributed by atoms with Gasteiger partial charge < -0.3 is 10.2 Å². The van der Waals surface area contributed by atoms with Gasteiger partial charge in [-0.25, -0.2) is 8.78 Å². The second-order valence-electron chi connectivity index (χ2n) is 6.03. The van der Waals surface area contributed by atoms with Crippen molar-refractivity contribution in [1.29, 1.82) is 0 Å². The molecule has 2 rings (SSSR count). The van der Waals surface area contributed by atoms with Crippen molar-refractivity contribution >= 4 is 0 Å². The van der Waals surface area contributed by atoms with Gasteiger partial charge in [0.05, 0.1) is 12.7 Å². The zero-order valence-corrected chi connectivity index (χ0v) is 12.4. The minimum atomic E-state index is -0.844. The van der Waals surface area contributed by atoms with Gasteiger partial charge in [-0.2, -0.15) is 0 Å². The molecular formula is C16H23F2NO2. The lowest BCUT2D eigenvalue weighted by Crippen LogP contribution is -2.53. The second-order valence-corrected chi connectivity index (χ2v) is 6.03. The average Bonchev–Trinajstić information content (AvgIpc) is 2.47. The van der Waals surface area contributed by atoms with Crippen LogP contribution in [-0.2, 0) is 6.54 Å². The van der Waals surface area contributed by atoms with Gasteiger partial charge in [0, 0.05) is 25.0 Å². The van der Waals surface area contributed by atoms with Crippen molar-refractivity contribution in [3.05, 3.63) is 35.4 Å². The molecular weight excluding hydrogens is 276 g/mol. The van der Waals surface area contributed by atoms with E-state index < -0.39 is 23.2 Å². The highest BCUT2D eigenvalue weighted by Crippen LogP contribution is 2.35. The van der Waals surface area contributed by atoms with Crippen LogP contribution >= 0.6 is 0 Å². The van der Waals surface area contributed by atoms with Gasteiger partial charge in [-0.3, -0.25) is 4.90 Å². The van der Waals surface area contributed by atoms with Crippen LogP contribution in [0.2, 0.25) is 0 Å². The Labute approximate surface area is 124 Å². The topological polar surface area (TPSA) is 43.7 Å². The van der Waals surface area contributed by atoms with Gasteiger partial charge in [-0.05, 0) is 30.5 Å². The van der Waals surface area contributed by atoms with Crippen molar-refractivity contribution in [1.82, 2.24) is 4.90 Å². The Kier molecular flexibility index (Phi) is 5.30. The van der Waals surface area contributed by atoms with Crippen molar-refractivity contribution in [2.24, 2.45) is 5.41 Å². The van der Waals surface area contributed by atoms with Crippen LogP contribution in [0.15, 0.2) is 18.2 Å². The van der Waals surface area contributed by atoms with E-state index >= 15 is 0 Å². The summed E-state index contributed by atoms with van der Waals surface area (Å²) in [6, 6.07) is 3.92.